The summed E-state index contributed by atoms with van der Waals surface area (Å²) in [7, 11) is 0. The molecule has 3 rings (SSSR count). The second-order valence-corrected chi connectivity index (χ2v) is 4.81. The summed E-state index contributed by atoms with van der Waals surface area (Å²) in [5.74, 6) is 0. The molecule has 0 aliphatic carbocycles. The highest BCUT2D eigenvalue weighted by Crippen LogP contribution is 2.12. The monoisotopic (exact) mass is 230 g/mol. The lowest BCUT2D eigenvalue weighted by atomic mass is 10.1. The molecule has 1 aliphatic rings. The smallest absolute Gasteiger partial charge is 0.137 e. The molecule has 0 atom stereocenters. The minimum atomic E-state index is 0.396. The number of nitrogens with two attached hydrogens (primary N) is 1. The van der Waals surface area contributed by atoms with Gasteiger partial charge < -0.3 is 10.1 Å². The standard InChI is InChI=1S/C13H18N4/c14-11-4-7-16(8-5-11)9-12-10-17-6-2-1-3-13(17)15-12/h1-3,6,10-11H,4-5,7-9,14H2. The van der Waals surface area contributed by atoms with Crippen LogP contribution in [0.4, 0.5) is 0 Å². The van der Waals surface area contributed by atoms with E-state index in [1.165, 1.54) is 0 Å². The lowest BCUT2D eigenvalue weighted by Gasteiger charge is -2.29. The van der Waals surface area contributed by atoms with Crippen LogP contribution in [0.1, 0.15) is 18.5 Å². The van der Waals surface area contributed by atoms with Crippen molar-refractivity contribution in [1.82, 2.24) is 14.3 Å². The Bertz CT molecular complexity index is 464. The summed E-state index contributed by atoms with van der Waals surface area (Å²) in [4.78, 5) is 7.05. The maximum atomic E-state index is 5.91. The molecule has 17 heavy (non-hydrogen) atoms. The Morgan fingerprint density at radius 1 is 1.29 bits per heavy atom. The van der Waals surface area contributed by atoms with Crippen molar-refractivity contribution < 1.29 is 0 Å². The molecular formula is C13H18N4. The van der Waals surface area contributed by atoms with E-state index in [-0.39, 0.29) is 0 Å². The third-order valence-electron chi connectivity index (χ3n) is 3.43. The van der Waals surface area contributed by atoms with Crippen LogP contribution in [0.3, 0.4) is 0 Å². The average Bonchev–Trinajstić information content (AvgIpc) is 2.74. The predicted octanol–water partition coefficient (Wildman–Crippen LogP) is 1.26. The molecule has 0 radical (unpaired) electrons. The fourth-order valence-electron chi connectivity index (χ4n) is 2.40. The van der Waals surface area contributed by atoms with Gasteiger partial charge in [0.1, 0.15) is 5.65 Å². The SMILES string of the molecule is NC1CCN(Cc2cn3ccccc3n2)CC1. The lowest BCUT2D eigenvalue weighted by Crippen LogP contribution is -2.39. The molecule has 0 bridgehead atoms. The van der Waals surface area contributed by atoms with Crippen LogP contribution < -0.4 is 5.73 Å². The van der Waals surface area contributed by atoms with Crippen LogP contribution in [0.2, 0.25) is 0 Å². The van der Waals surface area contributed by atoms with Gasteiger partial charge in [0.25, 0.3) is 0 Å². The van der Waals surface area contributed by atoms with E-state index >= 15 is 0 Å². The Labute approximate surface area is 101 Å². The summed E-state index contributed by atoms with van der Waals surface area (Å²) in [5.41, 5.74) is 8.07. The van der Waals surface area contributed by atoms with E-state index in [2.05, 4.69) is 20.5 Å². The molecule has 1 saturated heterocycles. The van der Waals surface area contributed by atoms with E-state index in [1.54, 1.807) is 0 Å². The van der Waals surface area contributed by atoms with Crippen molar-refractivity contribution in [1.29, 1.82) is 0 Å². The van der Waals surface area contributed by atoms with Crippen LogP contribution in [0, 0.1) is 0 Å². The number of fused-ring (bicyclic) bond motifs is 1. The number of piperidine rings is 1. The number of hydrogen-bond donors (Lipinski definition) is 1. The van der Waals surface area contributed by atoms with E-state index < -0.39 is 0 Å². The largest absolute Gasteiger partial charge is 0.328 e. The highest BCUT2D eigenvalue weighted by Gasteiger charge is 2.16. The third kappa shape index (κ3) is 2.33. The molecule has 1 aliphatic heterocycles. The van der Waals surface area contributed by atoms with E-state index in [1.807, 2.05) is 24.4 Å². The van der Waals surface area contributed by atoms with Crippen molar-refractivity contribution in [2.24, 2.45) is 5.73 Å². The summed E-state index contributed by atoms with van der Waals surface area (Å²) < 4.78 is 2.07. The van der Waals surface area contributed by atoms with Gasteiger partial charge in [0, 0.05) is 38.1 Å². The van der Waals surface area contributed by atoms with E-state index in [0.717, 1.165) is 43.8 Å². The topological polar surface area (TPSA) is 46.6 Å². The van der Waals surface area contributed by atoms with Crippen molar-refractivity contribution in [2.75, 3.05) is 13.1 Å². The fourth-order valence-corrected chi connectivity index (χ4v) is 2.40. The average molecular weight is 230 g/mol. The molecule has 0 spiro atoms. The molecule has 2 N–H and O–H groups in total. The number of likely N-dealkylation sites (tertiary alicyclic amines) is 1. The van der Waals surface area contributed by atoms with Crippen LogP contribution in [0.5, 0.6) is 0 Å². The summed E-state index contributed by atoms with van der Waals surface area (Å²) in [6, 6.07) is 6.48. The Kier molecular flexibility index (Phi) is 2.82. The fraction of sp³-hybridized carbons (Fsp3) is 0.462. The van der Waals surface area contributed by atoms with Gasteiger partial charge in [0.15, 0.2) is 0 Å². The minimum absolute atomic E-state index is 0.396. The first-order valence-electron chi connectivity index (χ1n) is 6.22. The molecule has 0 amide bonds. The van der Waals surface area contributed by atoms with Crippen molar-refractivity contribution in [3.8, 4) is 0 Å². The third-order valence-corrected chi connectivity index (χ3v) is 3.43. The molecule has 0 saturated carbocycles. The van der Waals surface area contributed by atoms with Crippen LogP contribution in [-0.4, -0.2) is 33.4 Å². The van der Waals surface area contributed by atoms with Crippen molar-refractivity contribution in [3.05, 3.63) is 36.3 Å². The lowest BCUT2D eigenvalue weighted by molar-refractivity contribution is 0.204. The van der Waals surface area contributed by atoms with Crippen molar-refractivity contribution >= 4 is 5.65 Å². The predicted molar refractivity (Wildman–Crippen MR) is 67.7 cm³/mol. The molecule has 0 aromatic carbocycles. The van der Waals surface area contributed by atoms with E-state index in [4.69, 9.17) is 5.73 Å². The molecular weight excluding hydrogens is 212 g/mol. The number of nitrogens with zero attached hydrogens (tertiary/aromatic N) is 3. The van der Waals surface area contributed by atoms with Gasteiger partial charge in [-0.25, -0.2) is 4.98 Å². The maximum absolute atomic E-state index is 5.91. The van der Waals surface area contributed by atoms with E-state index in [9.17, 15) is 0 Å². The van der Waals surface area contributed by atoms with Crippen molar-refractivity contribution in [3.63, 3.8) is 0 Å². The molecule has 90 valence electrons. The molecule has 0 unspecified atom stereocenters. The minimum Gasteiger partial charge on any atom is -0.328 e. The quantitative estimate of drug-likeness (QED) is 0.844. The van der Waals surface area contributed by atoms with Crippen LogP contribution >= 0.6 is 0 Å². The van der Waals surface area contributed by atoms with Gasteiger partial charge in [-0.05, 0) is 25.0 Å². The number of imidazole rings is 1. The number of hydrogen-bond acceptors (Lipinski definition) is 3. The first kappa shape index (κ1) is 10.7. The van der Waals surface area contributed by atoms with Gasteiger partial charge in [-0.15, -0.1) is 0 Å². The summed E-state index contributed by atoms with van der Waals surface area (Å²) in [6.45, 7) is 3.12. The second-order valence-electron chi connectivity index (χ2n) is 4.81. The zero-order valence-corrected chi connectivity index (χ0v) is 9.92. The summed E-state index contributed by atoms with van der Waals surface area (Å²) >= 11 is 0. The zero-order valence-electron chi connectivity index (χ0n) is 9.92. The number of pyridine rings is 1. The Balaban J connectivity index is 1.72. The Morgan fingerprint density at radius 2 is 2.12 bits per heavy atom. The number of aromatic nitrogens is 2. The summed E-state index contributed by atoms with van der Waals surface area (Å²) in [5, 5.41) is 0. The normalized spacial score (nSPS) is 18.9. The first-order chi connectivity index (χ1) is 8.31. The Hall–Kier alpha value is -1.39. The van der Waals surface area contributed by atoms with Gasteiger partial charge in [0.2, 0.25) is 0 Å². The molecule has 1 fully saturated rings. The highest BCUT2D eigenvalue weighted by molar-refractivity contribution is 5.39. The van der Waals surface area contributed by atoms with Gasteiger partial charge in [0.05, 0.1) is 5.69 Å². The number of rotatable bonds is 2. The molecule has 4 nitrogen and oxygen atoms in total. The van der Waals surface area contributed by atoms with Crippen molar-refractivity contribution in [2.45, 2.75) is 25.4 Å². The molecule has 2 aromatic heterocycles. The Morgan fingerprint density at radius 3 is 2.88 bits per heavy atom. The second kappa shape index (κ2) is 4.47. The van der Waals surface area contributed by atoms with Gasteiger partial charge >= 0.3 is 0 Å². The molecule has 3 heterocycles. The first-order valence-corrected chi connectivity index (χ1v) is 6.22. The summed E-state index contributed by atoms with van der Waals surface area (Å²) in [6.07, 6.45) is 6.36. The van der Waals surface area contributed by atoms with Crippen LogP contribution in [0.25, 0.3) is 5.65 Å². The molecule has 2 aromatic rings. The van der Waals surface area contributed by atoms with Crippen LogP contribution in [-0.2, 0) is 6.54 Å². The van der Waals surface area contributed by atoms with Crippen LogP contribution in [0.15, 0.2) is 30.6 Å². The van der Waals surface area contributed by atoms with Gasteiger partial charge in [-0.2, -0.15) is 0 Å². The maximum Gasteiger partial charge on any atom is 0.137 e. The van der Waals surface area contributed by atoms with Gasteiger partial charge in [-0.1, -0.05) is 6.07 Å². The highest BCUT2D eigenvalue weighted by atomic mass is 15.1. The molecule has 4 heteroatoms. The van der Waals surface area contributed by atoms with E-state index in [0.29, 0.717) is 6.04 Å². The van der Waals surface area contributed by atoms with Gasteiger partial charge in [-0.3, -0.25) is 4.90 Å². The zero-order chi connectivity index (χ0) is 11.7.